The van der Waals surface area contributed by atoms with Gasteiger partial charge >= 0.3 is 0 Å². The Balaban J connectivity index is 2.36. The van der Waals surface area contributed by atoms with E-state index in [-0.39, 0.29) is 6.04 Å². The molecule has 2 unspecified atom stereocenters. The van der Waals surface area contributed by atoms with E-state index < -0.39 is 17.2 Å². The minimum atomic E-state index is -0.806. The number of halogens is 2. The zero-order chi connectivity index (χ0) is 13.9. The van der Waals surface area contributed by atoms with Gasteiger partial charge in [0.05, 0.1) is 11.6 Å². The average Bonchev–Trinajstić information content (AvgIpc) is 2.40. The summed E-state index contributed by atoms with van der Waals surface area (Å²) in [5, 5.41) is 3.25. The molecule has 1 fully saturated rings. The third-order valence-corrected chi connectivity index (χ3v) is 3.81. The zero-order valence-corrected chi connectivity index (χ0v) is 11.5. The molecular formula is C15H21F2NO. The first-order valence-corrected chi connectivity index (χ1v) is 6.90. The molecule has 2 rings (SSSR count). The van der Waals surface area contributed by atoms with Crippen LogP contribution in [0.4, 0.5) is 8.78 Å². The summed E-state index contributed by atoms with van der Waals surface area (Å²) in [5.74, 6) is -1.58. The van der Waals surface area contributed by atoms with Crippen LogP contribution in [0.2, 0.25) is 0 Å². The molecule has 1 aliphatic heterocycles. The SMILES string of the molecule is CCNC(c1cccc(F)c1F)C1(C)CCCCO1. The van der Waals surface area contributed by atoms with Gasteiger partial charge in [-0.15, -0.1) is 0 Å². The van der Waals surface area contributed by atoms with E-state index in [1.165, 1.54) is 0 Å². The van der Waals surface area contributed by atoms with Gasteiger partial charge in [-0.3, -0.25) is 0 Å². The maximum Gasteiger partial charge on any atom is 0.163 e. The van der Waals surface area contributed by atoms with E-state index in [1.54, 1.807) is 12.1 Å². The number of hydrogen-bond acceptors (Lipinski definition) is 2. The minimum absolute atomic E-state index is 0.325. The van der Waals surface area contributed by atoms with Gasteiger partial charge < -0.3 is 10.1 Å². The van der Waals surface area contributed by atoms with Gasteiger partial charge in [0.25, 0.3) is 0 Å². The number of likely N-dealkylation sites (N-methyl/N-ethyl adjacent to an activating group) is 1. The van der Waals surface area contributed by atoms with Crippen molar-refractivity contribution in [2.45, 2.75) is 44.8 Å². The van der Waals surface area contributed by atoms with Crippen molar-refractivity contribution in [3.8, 4) is 0 Å². The second-order valence-electron chi connectivity index (χ2n) is 5.25. The Labute approximate surface area is 113 Å². The van der Waals surface area contributed by atoms with Crippen molar-refractivity contribution in [3.05, 3.63) is 35.4 Å². The first-order valence-electron chi connectivity index (χ1n) is 6.90. The van der Waals surface area contributed by atoms with Crippen LogP contribution in [0.5, 0.6) is 0 Å². The molecule has 2 atom stereocenters. The third-order valence-electron chi connectivity index (χ3n) is 3.81. The first-order chi connectivity index (χ1) is 9.08. The van der Waals surface area contributed by atoms with Crippen molar-refractivity contribution in [1.82, 2.24) is 5.32 Å². The Morgan fingerprint density at radius 2 is 2.16 bits per heavy atom. The van der Waals surface area contributed by atoms with Gasteiger partial charge in [0, 0.05) is 12.2 Å². The number of rotatable bonds is 4. The van der Waals surface area contributed by atoms with Crippen molar-refractivity contribution in [2.75, 3.05) is 13.2 Å². The van der Waals surface area contributed by atoms with Crippen molar-refractivity contribution < 1.29 is 13.5 Å². The molecule has 0 amide bonds. The normalized spacial score (nSPS) is 25.3. The van der Waals surface area contributed by atoms with Crippen LogP contribution >= 0.6 is 0 Å². The van der Waals surface area contributed by atoms with E-state index in [0.717, 1.165) is 25.3 Å². The molecule has 0 saturated carbocycles. The van der Waals surface area contributed by atoms with Gasteiger partial charge in [-0.05, 0) is 38.8 Å². The summed E-state index contributed by atoms with van der Waals surface area (Å²) in [4.78, 5) is 0. The quantitative estimate of drug-likeness (QED) is 0.902. The molecule has 0 spiro atoms. The summed E-state index contributed by atoms with van der Waals surface area (Å²) >= 11 is 0. The van der Waals surface area contributed by atoms with Crippen LogP contribution in [0.15, 0.2) is 18.2 Å². The first kappa shape index (κ1) is 14.4. The maximum absolute atomic E-state index is 14.0. The van der Waals surface area contributed by atoms with E-state index in [4.69, 9.17) is 4.74 Å². The van der Waals surface area contributed by atoms with Gasteiger partial charge in [0.15, 0.2) is 11.6 Å². The number of ether oxygens (including phenoxy) is 1. The summed E-state index contributed by atoms with van der Waals surface area (Å²) in [5.41, 5.74) is -0.130. The maximum atomic E-state index is 14.0. The van der Waals surface area contributed by atoms with E-state index in [0.29, 0.717) is 18.7 Å². The van der Waals surface area contributed by atoms with Crippen molar-refractivity contribution in [3.63, 3.8) is 0 Å². The van der Waals surface area contributed by atoms with Gasteiger partial charge in [0.1, 0.15) is 0 Å². The van der Waals surface area contributed by atoms with Crippen LogP contribution in [0.3, 0.4) is 0 Å². The molecule has 19 heavy (non-hydrogen) atoms. The van der Waals surface area contributed by atoms with Gasteiger partial charge in [-0.25, -0.2) is 8.78 Å². The van der Waals surface area contributed by atoms with Gasteiger partial charge in [0.2, 0.25) is 0 Å². The molecule has 0 aromatic heterocycles. The number of nitrogens with one attached hydrogen (secondary N) is 1. The van der Waals surface area contributed by atoms with E-state index >= 15 is 0 Å². The molecule has 0 bridgehead atoms. The highest BCUT2D eigenvalue weighted by atomic mass is 19.2. The van der Waals surface area contributed by atoms with Gasteiger partial charge in [-0.1, -0.05) is 19.1 Å². The topological polar surface area (TPSA) is 21.3 Å². The Bertz CT molecular complexity index is 430. The van der Waals surface area contributed by atoms with Crippen LogP contribution in [0.25, 0.3) is 0 Å². The molecule has 0 aliphatic carbocycles. The Morgan fingerprint density at radius 1 is 1.37 bits per heavy atom. The molecule has 1 N–H and O–H groups in total. The molecule has 0 radical (unpaired) electrons. The summed E-state index contributed by atoms with van der Waals surface area (Å²) in [6, 6.07) is 4.00. The largest absolute Gasteiger partial charge is 0.373 e. The smallest absolute Gasteiger partial charge is 0.163 e. The number of benzene rings is 1. The molecule has 1 aromatic carbocycles. The molecule has 2 nitrogen and oxygen atoms in total. The fourth-order valence-electron chi connectivity index (χ4n) is 2.79. The van der Waals surface area contributed by atoms with Crippen molar-refractivity contribution in [2.24, 2.45) is 0 Å². The Kier molecular flexibility index (Phi) is 4.53. The average molecular weight is 269 g/mol. The predicted octanol–water partition coefficient (Wildman–Crippen LogP) is 3.57. The minimum Gasteiger partial charge on any atom is -0.373 e. The summed E-state index contributed by atoms with van der Waals surface area (Å²) < 4.78 is 33.3. The monoisotopic (exact) mass is 269 g/mol. The third kappa shape index (κ3) is 2.95. The Hall–Kier alpha value is -1.00. The number of hydrogen-bond donors (Lipinski definition) is 1. The second-order valence-corrected chi connectivity index (χ2v) is 5.25. The summed E-state index contributed by atoms with van der Waals surface area (Å²) in [6.07, 6.45) is 2.93. The second kappa shape index (κ2) is 5.97. The van der Waals surface area contributed by atoms with Crippen LogP contribution in [-0.2, 0) is 4.74 Å². The standard InChI is InChI=1S/C15H21F2NO/c1-3-18-14(15(2)9-4-5-10-19-15)11-7-6-8-12(16)13(11)17/h6-8,14,18H,3-5,9-10H2,1-2H3. The lowest BCUT2D eigenvalue weighted by Gasteiger charge is -2.41. The van der Waals surface area contributed by atoms with Crippen molar-refractivity contribution in [1.29, 1.82) is 0 Å². The molecular weight excluding hydrogens is 248 g/mol. The lowest BCUT2D eigenvalue weighted by molar-refractivity contribution is -0.0902. The van der Waals surface area contributed by atoms with E-state index in [9.17, 15) is 8.78 Å². The van der Waals surface area contributed by atoms with E-state index in [2.05, 4.69) is 5.32 Å². The lowest BCUT2D eigenvalue weighted by atomic mass is 9.84. The molecule has 106 valence electrons. The van der Waals surface area contributed by atoms with Crippen LogP contribution < -0.4 is 5.32 Å². The van der Waals surface area contributed by atoms with E-state index in [1.807, 2.05) is 13.8 Å². The molecule has 1 aliphatic rings. The fourth-order valence-corrected chi connectivity index (χ4v) is 2.79. The zero-order valence-electron chi connectivity index (χ0n) is 11.5. The highest BCUT2D eigenvalue weighted by Crippen LogP contribution is 2.37. The molecule has 1 aromatic rings. The predicted molar refractivity (Wildman–Crippen MR) is 71.0 cm³/mol. The lowest BCUT2D eigenvalue weighted by Crippen LogP contribution is -2.46. The van der Waals surface area contributed by atoms with Crippen LogP contribution in [0, 0.1) is 11.6 Å². The fraction of sp³-hybridized carbons (Fsp3) is 0.600. The molecule has 1 saturated heterocycles. The summed E-state index contributed by atoms with van der Waals surface area (Å²) in [7, 11) is 0. The van der Waals surface area contributed by atoms with Crippen LogP contribution in [-0.4, -0.2) is 18.8 Å². The summed E-state index contributed by atoms with van der Waals surface area (Å²) in [6.45, 7) is 5.29. The van der Waals surface area contributed by atoms with Crippen molar-refractivity contribution >= 4 is 0 Å². The highest BCUT2D eigenvalue weighted by molar-refractivity contribution is 5.25. The van der Waals surface area contributed by atoms with Crippen LogP contribution in [0.1, 0.15) is 44.7 Å². The Morgan fingerprint density at radius 3 is 2.79 bits per heavy atom. The highest BCUT2D eigenvalue weighted by Gasteiger charge is 2.39. The molecule has 1 heterocycles. The van der Waals surface area contributed by atoms with Gasteiger partial charge in [-0.2, -0.15) is 0 Å². The molecule has 4 heteroatoms.